The summed E-state index contributed by atoms with van der Waals surface area (Å²) < 4.78 is 1.59. The van der Waals surface area contributed by atoms with Gasteiger partial charge in [0.1, 0.15) is 8.64 Å². The van der Waals surface area contributed by atoms with Gasteiger partial charge in [0.2, 0.25) is 6.04 Å². The molecule has 0 aromatic heterocycles. The van der Waals surface area contributed by atoms with Crippen LogP contribution in [0.15, 0.2) is 0 Å². The molecular formula is C21H41N3O2S4. The summed E-state index contributed by atoms with van der Waals surface area (Å²) >= 11 is 14.1. The van der Waals surface area contributed by atoms with Gasteiger partial charge in [-0.25, -0.2) is 0 Å². The molecule has 0 amide bonds. The van der Waals surface area contributed by atoms with Crippen LogP contribution in [0.3, 0.4) is 0 Å². The number of thiocarbonyl (C=S) groups is 2. The minimum atomic E-state index is -0.644. The zero-order valence-electron chi connectivity index (χ0n) is 19.3. The van der Waals surface area contributed by atoms with Crippen LogP contribution in [0.1, 0.15) is 79.1 Å². The predicted molar refractivity (Wildman–Crippen MR) is 144 cm³/mol. The molecule has 0 aromatic rings. The zero-order chi connectivity index (χ0) is 22.8. The van der Waals surface area contributed by atoms with Gasteiger partial charge in [-0.15, -0.1) is 0 Å². The van der Waals surface area contributed by atoms with E-state index < -0.39 is 6.04 Å². The van der Waals surface area contributed by atoms with Crippen LogP contribution in [0.25, 0.3) is 0 Å². The van der Waals surface area contributed by atoms with Gasteiger partial charge in [-0.05, 0) is 25.7 Å². The first-order valence-corrected chi connectivity index (χ1v) is 14.2. The fourth-order valence-electron chi connectivity index (χ4n) is 2.67. The maximum Gasteiger partial charge on any atom is 0.231 e. The molecule has 0 aliphatic rings. The van der Waals surface area contributed by atoms with Crippen LogP contribution >= 0.6 is 48.0 Å². The second-order valence-corrected chi connectivity index (χ2v) is 10.8. The summed E-state index contributed by atoms with van der Waals surface area (Å²) in [6.07, 6.45) is 8.86. The number of rotatable bonds is 17. The molecule has 0 unspecified atom stereocenters. The van der Waals surface area contributed by atoms with Crippen LogP contribution in [0.2, 0.25) is 0 Å². The Balaban J connectivity index is 4.70. The Morgan fingerprint density at radius 1 is 0.767 bits per heavy atom. The minimum Gasteiger partial charge on any atom is -0.358 e. The molecule has 0 atom stereocenters. The highest BCUT2D eigenvalue weighted by atomic mass is 32.2. The van der Waals surface area contributed by atoms with Crippen molar-refractivity contribution in [2.24, 2.45) is 0 Å². The third-order valence-electron chi connectivity index (χ3n) is 4.74. The molecule has 5 nitrogen and oxygen atoms in total. The van der Waals surface area contributed by atoms with E-state index in [4.69, 9.17) is 24.4 Å². The van der Waals surface area contributed by atoms with Crippen LogP contribution in [-0.4, -0.2) is 67.1 Å². The molecule has 30 heavy (non-hydrogen) atoms. The van der Waals surface area contributed by atoms with Crippen LogP contribution in [0.4, 0.5) is 0 Å². The second kappa shape index (κ2) is 19.6. The topological polar surface area (TPSA) is 49.6 Å². The summed E-state index contributed by atoms with van der Waals surface area (Å²) in [5.74, 6) is 0.806. The van der Waals surface area contributed by atoms with Crippen LogP contribution in [-0.2, 0) is 0 Å². The average Bonchev–Trinajstić information content (AvgIpc) is 2.73. The number of thioether (sulfide) groups is 2. The molecule has 0 aliphatic carbocycles. The summed E-state index contributed by atoms with van der Waals surface area (Å²) in [6, 6.07) is -0.644. The van der Waals surface area contributed by atoms with E-state index in [1.54, 1.807) is 0 Å². The summed E-state index contributed by atoms with van der Waals surface area (Å²) in [5, 5.41) is 11.6. The standard InChI is InChI=1S/C21H41N3O2S4/c1-5-9-13-22(14-10-6-2)20(27)29-17-19(24(25)26)18-30-21(28)23(15-11-7-3)16-12-8-4/h19H,5-18H2,1-4H3. The van der Waals surface area contributed by atoms with E-state index >= 15 is 0 Å². The fraction of sp³-hybridized carbons (Fsp3) is 0.905. The van der Waals surface area contributed by atoms with Crippen molar-refractivity contribution in [2.45, 2.75) is 85.1 Å². The maximum absolute atomic E-state index is 11.6. The van der Waals surface area contributed by atoms with Crippen LogP contribution < -0.4 is 0 Å². The maximum atomic E-state index is 11.6. The molecule has 176 valence electrons. The van der Waals surface area contributed by atoms with Gasteiger partial charge >= 0.3 is 0 Å². The van der Waals surface area contributed by atoms with Gasteiger partial charge in [-0.2, -0.15) is 0 Å². The summed E-state index contributed by atoms with van der Waals surface area (Å²) in [6.45, 7) is 12.4. The van der Waals surface area contributed by atoms with Crippen molar-refractivity contribution in [3.05, 3.63) is 10.1 Å². The minimum absolute atomic E-state index is 0.171. The van der Waals surface area contributed by atoms with Gasteiger partial charge in [-0.3, -0.25) is 10.1 Å². The van der Waals surface area contributed by atoms with E-state index in [2.05, 4.69) is 37.5 Å². The molecule has 0 radical (unpaired) electrons. The van der Waals surface area contributed by atoms with Crippen molar-refractivity contribution in [1.82, 2.24) is 9.80 Å². The Hall–Kier alpha value is -0.120. The van der Waals surface area contributed by atoms with Crippen molar-refractivity contribution in [1.29, 1.82) is 0 Å². The first-order chi connectivity index (χ1) is 14.4. The molecule has 9 heteroatoms. The lowest BCUT2D eigenvalue weighted by molar-refractivity contribution is -0.510. The van der Waals surface area contributed by atoms with Gasteiger partial charge in [0.25, 0.3) is 0 Å². The fourth-order valence-corrected chi connectivity index (χ4v) is 5.47. The smallest absolute Gasteiger partial charge is 0.231 e. The van der Waals surface area contributed by atoms with Crippen molar-refractivity contribution in [2.75, 3.05) is 37.7 Å². The number of unbranched alkanes of at least 4 members (excludes halogenated alkanes) is 4. The SMILES string of the molecule is CCCCN(CCCC)C(=S)SCC(CSC(=S)N(CCCC)CCCC)[N+](=O)[O-]. The monoisotopic (exact) mass is 495 g/mol. The molecule has 0 fully saturated rings. The van der Waals surface area contributed by atoms with E-state index in [9.17, 15) is 10.1 Å². The molecule has 0 bridgehead atoms. The molecular weight excluding hydrogens is 455 g/mol. The highest BCUT2D eigenvalue weighted by Crippen LogP contribution is 2.19. The molecule has 0 heterocycles. The Kier molecular flexibility index (Phi) is 19.5. The predicted octanol–water partition coefficient (Wildman–Crippen LogP) is 6.47. The Bertz CT molecular complexity index is 443. The van der Waals surface area contributed by atoms with E-state index in [-0.39, 0.29) is 4.92 Å². The molecule has 0 aliphatic heterocycles. The van der Waals surface area contributed by atoms with Gasteiger partial charge in [0, 0.05) is 31.1 Å². The highest BCUT2D eigenvalue weighted by molar-refractivity contribution is 8.23. The Morgan fingerprint density at radius 2 is 1.07 bits per heavy atom. The molecule has 0 rings (SSSR count). The zero-order valence-corrected chi connectivity index (χ0v) is 22.5. The number of hydrogen-bond acceptors (Lipinski definition) is 6. The third-order valence-corrected chi connectivity index (χ3v) is 8.08. The largest absolute Gasteiger partial charge is 0.358 e. The van der Waals surface area contributed by atoms with E-state index in [0.29, 0.717) is 11.5 Å². The van der Waals surface area contributed by atoms with E-state index in [0.717, 1.165) is 86.2 Å². The van der Waals surface area contributed by atoms with E-state index in [1.165, 1.54) is 23.5 Å². The first-order valence-electron chi connectivity index (χ1n) is 11.4. The Labute approximate surface area is 203 Å². The highest BCUT2D eigenvalue weighted by Gasteiger charge is 2.24. The lowest BCUT2D eigenvalue weighted by Crippen LogP contribution is -2.34. The van der Waals surface area contributed by atoms with Crippen LogP contribution in [0.5, 0.6) is 0 Å². The van der Waals surface area contributed by atoms with Crippen molar-refractivity contribution in [3.63, 3.8) is 0 Å². The van der Waals surface area contributed by atoms with Gasteiger partial charge in [-0.1, -0.05) is 101 Å². The summed E-state index contributed by atoms with van der Waals surface area (Å²) in [5.41, 5.74) is 0. The average molecular weight is 496 g/mol. The van der Waals surface area contributed by atoms with Gasteiger partial charge < -0.3 is 9.80 Å². The molecule has 0 spiro atoms. The first kappa shape index (κ1) is 29.9. The van der Waals surface area contributed by atoms with E-state index in [1.807, 2.05) is 0 Å². The lowest BCUT2D eigenvalue weighted by Gasteiger charge is -2.26. The molecule has 0 saturated heterocycles. The van der Waals surface area contributed by atoms with Crippen molar-refractivity contribution in [3.8, 4) is 0 Å². The number of nitrogens with zero attached hydrogens (tertiary/aromatic N) is 3. The second-order valence-electron chi connectivity index (χ2n) is 7.48. The molecule has 0 N–H and O–H groups in total. The summed E-state index contributed by atoms with van der Waals surface area (Å²) in [7, 11) is 0. The quantitative estimate of drug-likeness (QED) is 0.129. The summed E-state index contributed by atoms with van der Waals surface area (Å²) in [4.78, 5) is 15.9. The normalized spacial score (nSPS) is 11.0. The van der Waals surface area contributed by atoms with Gasteiger partial charge in [0.15, 0.2) is 0 Å². The van der Waals surface area contributed by atoms with Gasteiger partial charge in [0.05, 0.1) is 11.5 Å². The third kappa shape index (κ3) is 14.0. The van der Waals surface area contributed by atoms with Crippen molar-refractivity contribution >= 4 is 56.6 Å². The van der Waals surface area contributed by atoms with Crippen molar-refractivity contribution < 1.29 is 4.92 Å². The lowest BCUT2D eigenvalue weighted by atomic mass is 10.3. The number of hydrogen-bond donors (Lipinski definition) is 0. The number of nitro groups is 1. The van der Waals surface area contributed by atoms with Crippen LogP contribution in [0, 0.1) is 10.1 Å². The molecule has 0 aromatic carbocycles. The Morgan fingerprint density at radius 3 is 1.30 bits per heavy atom. The molecule has 0 saturated carbocycles.